The van der Waals surface area contributed by atoms with E-state index in [1.807, 2.05) is 0 Å². The molecular weight excluding hydrogens is 379 g/mol. The molecule has 1 aromatic heterocycles. The molecule has 2 aromatic carbocycles. The normalized spacial score (nSPS) is 11.2. The summed E-state index contributed by atoms with van der Waals surface area (Å²) in [5.41, 5.74) is 0.499. The third kappa shape index (κ3) is 4.96. The van der Waals surface area contributed by atoms with Gasteiger partial charge in [-0.05, 0) is 40.3 Å². The average Bonchev–Trinajstić information content (AvgIpc) is 3.01. The summed E-state index contributed by atoms with van der Waals surface area (Å²) in [6, 6.07) is 13.7. The van der Waals surface area contributed by atoms with Crippen molar-refractivity contribution < 1.29 is 22.7 Å². The van der Waals surface area contributed by atoms with Crippen LogP contribution in [0, 0.1) is 0 Å². The number of ether oxygens (including phenoxy) is 1. The molecule has 8 nitrogen and oxygen atoms in total. The second-order valence-electron chi connectivity index (χ2n) is 5.63. The molecule has 11 heteroatoms. The topological polar surface area (TPSA) is 91.0 Å². The molecule has 0 fully saturated rings. The number of amides is 1. The third-order valence-corrected chi connectivity index (χ3v) is 3.58. The van der Waals surface area contributed by atoms with Gasteiger partial charge in [0.2, 0.25) is 5.91 Å². The molecule has 0 aliphatic carbocycles. The lowest BCUT2D eigenvalue weighted by Gasteiger charge is -2.09. The van der Waals surface area contributed by atoms with Gasteiger partial charge in [-0.15, -0.1) is 13.2 Å². The lowest BCUT2D eigenvalue weighted by atomic mass is 10.2. The molecule has 0 aliphatic heterocycles. The van der Waals surface area contributed by atoms with Crippen LogP contribution in [0.4, 0.5) is 13.2 Å². The standard InChI is InChI=1S/C17H14F3N5O3/c18-17(19,20)28-14-8-6-12(7-9-14)10-21-15(26)11-24-16(27)25(23-22-24)13-4-2-1-3-5-13/h1-9H,10-11H2,(H,21,26). The molecule has 0 saturated carbocycles. The minimum atomic E-state index is -4.76. The maximum absolute atomic E-state index is 12.2. The highest BCUT2D eigenvalue weighted by atomic mass is 19.4. The van der Waals surface area contributed by atoms with Gasteiger partial charge in [0.05, 0.1) is 5.69 Å². The van der Waals surface area contributed by atoms with Gasteiger partial charge < -0.3 is 10.1 Å². The maximum atomic E-state index is 12.2. The molecular formula is C17H14F3N5O3. The van der Waals surface area contributed by atoms with Crippen molar-refractivity contribution in [2.45, 2.75) is 19.5 Å². The molecule has 0 radical (unpaired) electrons. The van der Waals surface area contributed by atoms with Crippen LogP contribution in [0.1, 0.15) is 5.56 Å². The highest BCUT2D eigenvalue weighted by Crippen LogP contribution is 2.22. The van der Waals surface area contributed by atoms with Gasteiger partial charge in [-0.3, -0.25) is 4.79 Å². The number of halogens is 3. The number of para-hydroxylation sites is 1. The first-order valence-corrected chi connectivity index (χ1v) is 8.01. The largest absolute Gasteiger partial charge is 0.573 e. The number of carbonyl (C=O) groups excluding carboxylic acids is 1. The Kier molecular flexibility index (Phi) is 5.43. The smallest absolute Gasteiger partial charge is 0.406 e. The number of nitrogens with zero attached hydrogens (tertiary/aromatic N) is 4. The Labute approximate surface area is 156 Å². The van der Waals surface area contributed by atoms with E-state index in [1.165, 1.54) is 12.1 Å². The number of carbonyl (C=O) groups is 1. The van der Waals surface area contributed by atoms with Crippen molar-refractivity contribution in [1.29, 1.82) is 0 Å². The second-order valence-corrected chi connectivity index (χ2v) is 5.63. The van der Waals surface area contributed by atoms with E-state index < -0.39 is 18.0 Å². The van der Waals surface area contributed by atoms with Gasteiger partial charge in [-0.2, -0.15) is 9.36 Å². The van der Waals surface area contributed by atoms with E-state index in [4.69, 9.17) is 0 Å². The number of nitrogens with one attached hydrogen (secondary N) is 1. The first-order valence-electron chi connectivity index (χ1n) is 8.01. The highest BCUT2D eigenvalue weighted by Gasteiger charge is 2.30. The quantitative estimate of drug-likeness (QED) is 0.688. The van der Waals surface area contributed by atoms with E-state index >= 15 is 0 Å². The minimum Gasteiger partial charge on any atom is -0.406 e. The average molecular weight is 393 g/mol. The van der Waals surface area contributed by atoms with Crippen molar-refractivity contribution in [3.05, 3.63) is 70.6 Å². The van der Waals surface area contributed by atoms with Crippen LogP contribution in [0.25, 0.3) is 5.69 Å². The Morgan fingerprint density at radius 3 is 2.36 bits per heavy atom. The van der Waals surface area contributed by atoms with Gasteiger partial charge >= 0.3 is 12.1 Å². The fraction of sp³-hybridized carbons (Fsp3) is 0.176. The molecule has 0 atom stereocenters. The Balaban J connectivity index is 1.57. The van der Waals surface area contributed by atoms with Crippen LogP contribution in [0.2, 0.25) is 0 Å². The predicted molar refractivity (Wildman–Crippen MR) is 90.6 cm³/mol. The number of benzene rings is 2. The zero-order valence-electron chi connectivity index (χ0n) is 14.3. The Bertz CT molecular complexity index is 997. The molecule has 146 valence electrons. The van der Waals surface area contributed by atoms with Crippen molar-refractivity contribution >= 4 is 5.91 Å². The van der Waals surface area contributed by atoms with Crippen LogP contribution in [0.3, 0.4) is 0 Å². The number of aromatic nitrogens is 4. The zero-order chi connectivity index (χ0) is 20.1. The number of tetrazole rings is 1. The van der Waals surface area contributed by atoms with Crippen LogP contribution in [0.5, 0.6) is 5.75 Å². The molecule has 0 unspecified atom stereocenters. The SMILES string of the molecule is O=C(Cn1nnn(-c2ccccc2)c1=O)NCc1ccc(OC(F)(F)F)cc1. The minimum absolute atomic E-state index is 0.0622. The Morgan fingerprint density at radius 1 is 1.04 bits per heavy atom. The zero-order valence-corrected chi connectivity index (χ0v) is 14.3. The third-order valence-electron chi connectivity index (χ3n) is 3.58. The van der Waals surface area contributed by atoms with E-state index in [-0.39, 0.29) is 18.8 Å². The van der Waals surface area contributed by atoms with Crippen molar-refractivity contribution in [3.8, 4) is 11.4 Å². The number of hydrogen-bond donors (Lipinski definition) is 1. The first kappa shape index (κ1) is 19.1. The molecule has 0 bridgehead atoms. The summed E-state index contributed by atoms with van der Waals surface area (Å²) in [6.45, 7) is -0.284. The fourth-order valence-corrected chi connectivity index (χ4v) is 2.31. The van der Waals surface area contributed by atoms with Crippen molar-refractivity contribution in [1.82, 2.24) is 25.1 Å². The van der Waals surface area contributed by atoms with Gasteiger partial charge in [0.1, 0.15) is 12.3 Å². The molecule has 1 N–H and O–H groups in total. The summed E-state index contributed by atoms with van der Waals surface area (Å²) >= 11 is 0. The molecule has 3 aromatic rings. The van der Waals surface area contributed by atoms with Gasteiger partial charge in [0.25, 0.3) is 0 Å². The summed E-state index contributed by atoms with van der Waals surface area (Å²) in [4.78, 5) is 24.3. The number of alkyl halides is 3. The molecule has 1 amide bonds. The molecule has 1 heterocycles. The van der Waals surface area contributed by atoms with Crippen molar-refractivity contribution in [3.63, 3.8) is 0 Å². The Hall–Kier alpha value is -3.63. The van der Waals surface area contributed by atoms with Gasteiger partial charge in [-0.25, -0.2) is 4.79 Å². The summed E-state index contributed by atoms with van der Waals surface area (Å²) < 4.78 is 42.1. The van der Waals surface area contributed by atoms with Crippen LogP contribution in [0.15, 0.2) is 59.4 Å². The van der Waals surface area contributed by atoms with E-state index in [2.05, 4.69) is 20.5 Å². The lowest BCUT2D eigenvalue weighted by molar-refractivity contribution is -0.274. The summed E-state index contributed by atoms with van der Waals surface area (Å²) in [7, 11) is 0. The summed E-state index contributed by atoms with van der Waals surface area (Å²) in [6.07, 6.45) is -4.76. The van der Waals surface area contributed by atoms with E-state index in [0.29, 0.717) is 11.3 Å². The van der Waals surface area contributed by atoms with Gasteiger partial charge in [0.15, 0.2) is 0 Å². The van der Waals surface area contributed by atoms with Crippen molar-refractivity contribution in [2.24, 2.45) is 0 Å². The van der Waals surface area contributed by atoms with E-state index in [0.717, 1.165) is 21.5 Å². The molecule has 28 heavy (non-hydrogen) atoms. The molecule has 0 saturated heterocycles. The Morgan fingerprint density at radius 2 is 1.71 bits per heavy atom. The van der Waals surface area contributed by atoms with Gasteiger partial charge in [-0.1, -0.05) is 30.3 Å². The monoisotopic (exact) mass is 393 g/mol. The van der Waals surface area contributed by atoms with Crippen LogP contribution >= 0.6 is 0 Å². The van der Waals surface area contributed by atoms with E-state index in [9.17, 15) is 22.8 Å². The molecule has 0 aliphatic rings. The lowest BCUT2D eigenvalue weighted by Crippen LogP contribution is -2.33. The maximum Gasteiger partial charge on any atom is 0.573 e. The molecule has 0 spiro atoms. The first-order chi connectivity index (χ1) is 13.3. The summed E-state index contributed by atoms with van der Waals surface area (Å²) in [5, 5.41) is 9.95. The van der Waals surface area contributed by atoms with Crippen LogP contribution in [-0.2, 0) is 17.9 Å². The van der Waals surface area contributed by atoms with Crippen molar-refractivity contribution in [2.75, 3.05) is 0 Å². The number of hydrogen-bond acceptors (Lipinski definition) is 5. The van der Waals surface area contributed by atoms with E-state index in [1.54, 1.807) is 30.3 Å². The van der Waals surface area contributed by atoms with Crippen LogP contribution in [-0.4, -0.2) is 32.1 Å². The second kappa shape index (κ2) is 7.94. The fourth-order valence-electron chi connectivity index (χ4n) is 2.31. The predicted octanol–water partition coefficient (Wildman–Crippen LogP) is 1.64. The highest BCUT2D eigenvalue weighted by molar-refractivity contribution is 5.75. The molecule has 3 rings (SSSR count). The summed E-state index contributed by atoms with van der Waals surface area (Å²) in [5.74, 6) is -0.857. The van der Waals surface area contributed by atoms with Gasteiger partial charge in [0, 0.05) is 6.54 Å². The van der Waals surface area contributed by atoms with Crippen LogP contribution < -0.4 is 15.7 Å². The number of rotatable bonds is 6.